The average molecular weight is 426 g/mol. The Kier molecular flexibility index (Phi) is 5.12. The van der Waals surface area contributed by atoms with Gasteiger partial charge in [0, 0.05) is 6.04 Å². The number of thioether (sulfide) groups is 1. The Morgan fingerprint density at radius 1 is 1.20 bits per heavy atom. The molecule has 30 heavy (non-hydrogen) atoms. The minimum Gasteiger partial charge on any atom is -0.352 e. The van der Waals surface area contributed by atoms with Crippen molar-refractivity contribution < 1.29 is 4.79 Å². The van der Waals surface area contributed by atoms with Crippen LogP contribution in [0.15, 0.2) is 23.4 Å². The van der Waals surface area contributed by atoms with Crippen molar-refractivity contribution >= 4 is 17.7 Å². The van der Waals surface area contributed by atoms with Gasteiger partial charge in [-0.15, -0.1) is 5.10 Å². The van der Waals surface area contributed by atoms with Gasteiger partial charge in [0.05, 0.1) is 11.4 Å². The number of aromatic nitrogens is 4. The summed E-state index contributed by atoms with van der Waals surface area (Å²) in [6, 6.07) is 6.47. The molecule has 4 aliphatic rings. The highest BCUT2D eigenvalue weighted by molar-refractivity contribution is 7.99. The number of benzene rings is 1. The summed E-state index contributed by atoms with van der Waals surface area (Å²) >= 11 is 1.41. The molecule has 1 aromatic carbocycles. The molecule has 4 saturated carbocycles. The Morgan fingerprint density at radius 2 is 1.87 bits per heavy atom. The van der Waals surface area contributed by atoms with E-state index in [1.807, 2.05) is 6.92 Å². The van der Waals surface area contributed by atoms with Crippen molar-refractivity contribution in [3.8, 4) is 5.69 Å². The largest absolute Gasteiger partial charge is 0.352 e. The summed E-state index contributed by atoms with van der Waals surface area (Å²) < 4.78 is 1.74. The molecule has 0 saturated heterocycles. The van der Waals surface area contributed by atoms with Crippen LogP contribution < -0.4 is 5.32 Å². The molecule has 2 aromatic rings. The van der Waals surface area contributed by atoms with E-state index < -0.39 is 0 Å². The third-order valence-electron chi connectivity index (χ3n) is 7.75. The Morgan fingerprint density at radius 3 is 2.53 bits per heavy atom. The summed E-state index contributed by atoms with van der Waals surface area (Å²) in [7, 11) is 0. The Balaban J connectivity index is 1.23. The van der Waals surface area contributed by atoms with Crippen LogP contribution in [0.2, 0.25) is 0 Å². The van der Waals surface area contributed by atoms with Crippen LogP contribution in [0.25, 0.3) is 5.69 Å². The number of rotatable bonds is 6. The zero-order chi connectivity index (χ0) is 20.9. The number of nitrogens with zero attached hydrogens (tertiary/aromatic N) is 4. The maximum absolute atomic E-state index is 12.8. The van der Waals surface area contributed by atoms with Crippen LogP contribution in [-0.4, -0.2) is 37.9 Å². The molecule has 0 radical (unpaired) electrons. The molecule has 160 valence electrons. The van der Waals surface area contributed by atoms with E-state index in [0.717, 1.165) is 34.6 Å². The first-order valence-corrected chi connectivity index (χ1v) is 12.2. The van der Waals surface area contributed by atoms with Gasteiger partial charge in [-0.1, -0.05) is 23.9 Å². The molecule has 4 aliphatic carbocycles. The number of tetrazole rings is 1. The topological polar surface area (TPSA) is 72.7 Å². The van der Waals surface area contributed by atoms with E-state index in [2.05, 4.69) is 52.9 Å². The second-order valence-corrected chi connectivity index (χ2v) is 11.0. The standard InChI is InChI=1S/C23H31N5OS/c1-14-4-5-15(2)20(6-14)28-22(25-26-27-28)30-13-21(29)24-16(3)23-10-17-7-18(11-23)9-19(8-17)12-23/h4-6,16-19H,7-13H2,1-3H3,(H,24,29). The Labute approximate surface area is 182 Å². The molecule has 4 fully saturated rings. The van der Waals surface area contributed by atoms with Crippen molar-refractivity contribution in [3.63, 3.8) is 0 Å². The van der Waals surface area contributed by atoms with Crippen LogP contribution in [0.1, 0.15) is 56.6 Å². The first-order chi connectivity index (χ1) is 14.4. The van der Waals surface area contributed by atoms with Gasteiger partial charge >= 0.3 is 0 Å². The number of hydrogen-bond donors (Lipinski definition) is 1. The lowest BCUT2D eigenvalue weighted by molar-refractivity contribution is -0.123. The van der Waals surface area contributed by atoms with Crippen LogP contribution >= 0.6 is 11.8 Å². The average Bonchev–Trinajstić information content (AvgIpc) is 3.15. The van der Waals surface area contributed by atoms with Crippen molar-refractivity contribution in [1.29, 1.82) is 0 Å². The summed E-state index contributed by atoms with van der Waals surface area (Å²) in [5.41, 5.74) is 3.55. The molecule has 0 spiro atoms. The van der Waals surface area contributed by atoms with Gasteiger partial charge in [-0.3, -0.25) is 4.79 Å². The first-order valence-electron chi connectivity index (χ1n) is 11.2. The number of hydrogen-bond acceptors (Lipinski definition) is 5. The fourth-order valence-corrected chi connectivity index (χ4v) is 7.34. The van der Waals surface area contributed by atoms with E-state index in [4.69, 9.17) is 0 Å². The number of nitrogens with one attached hydrogen (secondary N) is 1. The van der Waals surface area contributed by atoms with Crippen LogP contribution in [0, 0.1) is 37.0 Å². The predicted octanol–water partition coefficient (Wildman–Crippen LogP) is 4.09. The van der Waals surface area contributed by atoms with E-state index in [1.165, 1.54) is 50.3 Å². The summed E-state index contributed by atoms with van der Waals surface area (Å²) in [6.45, 7) is 6.33. The zero-order valence-corrected chi connectivity index (χ0v) is 18.9. The molecule has 0 aliphatic heterocycles. The van der Waals surface area contributed by atoms with Gasteiger partial charge in [0.15, 0.2) is 0 Å². The van der Waals surface area contributed by atoms with Crippen molar-refractivity contribution in [2.75, 3.05) is 5.75 Å². The van der Waals surface area contributed by atoms with Crippen molar-refractivity contribution in [2.45, 2.75) is 70.5 Å². The molecule has 1 amide bonds. The normalized spacial score (nSPS) is 30.4. The second-order valence-electron chi connectivity index (χ2n) is 10.0. The van der Waals surface area contributed by atoms with Gasteiger partial charge in [-0.05, 0) is 110 Å². The minimum atomic E-state index is 0.0822. The quantitative estimate of drug-likeness (QED) is 0.706. The predicted molar refractivity (Wildman–Crippen MR) is 118 cm³/mol. The monoisotopic (exact) mass is 425 g/mol. The van der Waals surface area contributed by atoms with E-state index in [-0.39, 0.29) is 11.9 Å². The van der Waals surface area contributed by atoms with Crippen molar-refractivity contribution in [2.24, 2.45) is 23.2 Å². The lowest BCUT2D eigenvalue weighted by atomic mass is 9.48. The maximum Gasteiger partial charge on any atom is 0.230 e. The third kappa shape index (κ3) is 3.66. The summed E-state index contributed by atoms with van der Waals surface area (Å²) in [4.78, 5) is 12.8. The van der Waals surface area contributed by atoms with Gasteiger partial charge in [0.1, 0.15) is 0 Å². The van der Waals surface area contributed by atoms with Gasteiger partial charge in [0.2, 0.25) is 11.1 Å². The number of carbonyl (C=O) groups is 1. The molecule has 6 rings (SSSR count). The molecule has 1 atom stereocenters. The molecule has 7 heteroatoms. The number of amides is 1. The SMILES string of the molecule is Cc1ccc(C)c(-n2nnnc2SCC(=O)NC(C)C23CC4CC(CC(C4)C2)C3)c1. The Bertz CT molecular complexity index is 920. The Hall–Kier alpha value is -1.89. The molecule has 6 nitrogen and oxygen atoms in total. The molecule has 1 N–H and O–H groups in total. The highest BCUT2D eigenvalue weighted by atomic mass is 32.2. The highest BCUT2D eigenvalue weighted by Gasteiger charge is 2.53. The second kappa shape index (κ2) is 7.66. The van der Waals surface area contributed by atoms with E-state index in [0.29, 0.717) is 16.3 Å². The zero-order valence-electron chi connectivity index (χ0n) is 18.1. The van der Waals surface area contributed by atoms with Gasteiger partial charge in [-0.25, -0.2) is 0 Å². The summed E-state index contributed by atoms with van der Waals surface area (Å²) in [5, 5.41) is 16.2. The van der Waals surface area contributed by atoms with Crippen molar-refractivity contribution in [1.82, 2.24) is 25.5 Å². The number of carbonyl (C=O) groups excluding carboxylic acids is 1. The van der Waals surface area contributed by atoms with Crippen LogP contribution in [0.4, 0.5) is 0 Å². The molecular formula is C23H31N5OS. The lowest BCUT2D eigenvalue weighted by Crippen LogP contribution is -2.56. The van der Waals surface area contributed by atoms with Crippen LogP contribution in [0.5, 0.6) is 0 Å². The highest BCUT2D eigenvalue weighted by Crippen LogP contribution is 2.61. The van der Waals surface area contributed by atoms with E-state index >= 15 is 0 Å². The molecule has 1 unspecified atom stereocenters. The van der Waals surface area contributed by atoms with Gasteiger partial charge < -0.3 is 5.32 Å². The fourth-order valence-electron chi connectivity index (χ4n) is 6.64. The van der Waals surface area contributed by atoms with Crippen LogP contribution in [0.3, 0.4) is 0 Å². The van der Waals surface area contributed by atoms with Gasteiger partial charge in [0.25, 0.3) is 0 Å². The van der Waals surface area contributed by atoms with Crippen LogP contribution in [-0.2, 0) is 4.79 Å². The van der Waals surface area contributed by atoms with Gasteiger partial charge in [-0.2, -0.15) is 4.68 Å². The first kappa shape index (κ1) is 20.0. The van der Waals surface area contributed by atoms with E-state index in [9.17, 15) is 4.79 Å². The summed E-state index contributed by atoms with van der Waals surface area (Å²) in [6.07, 6.45) is 8.19. The number of aryl methyl sites for hydroxylation is 2. The summed E-state index contributed by atoms with van der Waals surface area (Å²) in [5.74, 6) is 3.10. The molecule has 4 bridgehead atoms. The maximum atomic E-state index is 12.8. The molecule has 1 heterocycles. The smallest absolute Gasteiger partial charge is 0.230 e. The fraction of sp³-hybridized carbons (Fsp3) is 0.652. The molecule has 1 aromatic heterocycles. The third-order valence-corrected chi connectivity index (χ3v) is 8.67. The lowest BCUT2D eigenvalue weighted by Gasteiger charge is -2.59. The van der Waals surface area contributed by atoms with Crippen molar-refractivity contribution in [3.05, 3.63) is 29.3 Å². The minimum absolute atomic E-state index is 0.0822. The molecular weight excluding hydrogens is 394 g/mol. The van der Waals surface area contributed by atoms with E-state index in [1.54, 1.807) is 4.68 Å².